The molecule has 0 spiro atoms. The van der Waals surface area contributed by atoms with Crippen molar-refractivity contribution in [3.05, 3.63) is 59.7 Å². The summed E-state index contributed by atoms with van der Waals surface area (Å²) in [4.78, 5) is 35.7. The molecule has 0 aromatic heterocycles. The minimum Gasteiger partial charge on any atom is -0.481 e. The van der Waals surface area contributed by atoms with Crippen molar-refractivity contribution in [1.29, 1.82) is 0 Å². The number of ether oxygens (including phenoxy) is 1. The third-order valence-corrected chi connectivity index (χ3v) is 5.45. The maximum atomic E-state index is 12.5. The van der Waals surface area contributed by atoms with Crippen LogP contribution in [0.5, 0.6) is 0 Å². The highest BCUT2D eigenvalue weighted by Crippen LogP contribution is 2.44. The number of hydrogen-bond acceptors (Lipinski definition) is 5. The summed E-state index contributed by atoms with van der Waals surface area (Å²) < 4.78 is 5.44. The van der Waals surface area contributed by atoms with Gasteiger partial charge in [-0.3, -0.25) is 9.59 Å². The number of benzene rings is 2. The molecule has 33 heavy (non-hydrogen) atoms. The second-order valence-corrected chi connectivity index (χ2v) is 8.22. The van der Waals surface area contributed by atoms with E-state index < -0.39 is 36.0 Å². The summed E-state index contributed by atoms with van der Waals surface area (Å²) in [6.07, 6.45) is 3.87. The maximum Gasteiger partial charge on any atom is 0.407 e. The number of carboxylic acid groups (broad SMARTS) is 1. The van der Waals surface area contributed by atoms with Crippen LogP contribution in [0.3, 0.4) is 0 Å². The molecule has 8 nitrogen and oxygen atoms in total. The number of alkyl carbamates (subject to hydrolysis) is 1. The van der Waals surface area contributed by atoms with Crippen LogP contribution >= 0.6 is 0 Å². The van der Waals surface area contributed by atoms with Crippen LogP contribution in [0.1, 0.15) is 36.8 Å². The Kier molecular flexibility index (Phi) is 7.36. The minimum absolute atomic E-state index is 0.0809. The number of amides is 2. The molecule has 4 N–H and O–H groups in total. The molecule has 0 aliphatic heterocycles. The van der Waals surface area contributed by atoms with Crippen molar-refractivity contribution >= 4 is 18.0 Å². The van der Waals surface area contributed by atoms with Crippen molar-refractivity contribution in [2.24, 2.45) is 0 Å². The predicted octanol–water partition coefficient (Wildman–Crippen LogP) is 2.26. The fraction of sp³-hybridized carbons (Fsp3) is 0.320. The van der Waals surface area contributed by atoms with E-state index in [9.17, 15) is 19.5 Å². The van der Waals surface area contributed by atoms with Crippen molar-refractivity contribution in [1.82, 2.24) is 10.6 Å². The van der Waals surface area contributed by atoms with E-state index in [2.05, 4.69) is 16.6 Å². The monoisotopic (exact) mass is 450 g/mol. The Morgan fingerprint density at radius 1 is 1.12 bits per heavy atom. The van der Waals surface area contributed by atoms with Crippen molar-refractivity contribution in [2.45, 2.75) is 37.3 Å². The lowest BCUT2D eigenvalue weighted by Crippen LogP contribution is -2.50. The second-order valence-electron chi connectivity index (χ2n) is 8.22. The molecule has 1 aliphatic rings. The van der Waals surface area contributed by atoms with Gasteiger partial charge < -0.3 is 25.6 Å². The average molecular weight is 450 g/mol. The molecule has 172 valence electrons. The first-order chi connectivity index (χ1) is 15.7. The van der Waals surface area contributed by atoms with Crippen LogP contribution < -0.4 is 10.6 Å². The van der Waals surface area contributed by atoms with Gasteiger partial charge in [0.25, 0.3) is 0 Å². The molecule has 0 bridgehead atoms. The van der Waals surface area contributed by atoms with Crippen LogP contribution in [-0.4, -0.2) is 53.0 Å². The lowest BCUT2D eigenvalue weighted by molar-refractivity contribution is -0.142. The van der Waals surface area contributed by atoms with Crippen LogP contribution in [0.2, 0.25) is 0 Å². The van der Waals surface area contributed by atoms with Gasteiger partial charge in [-0.25, -0.2) is 4.79 Å². The summed E-state index contributed by atoms with van der Waals surface area (Å²) in [7, 11) is 0. The lowest BCUT2D eigenvalue weighted by Gasteiger charge is -2.23. The Bertz CT molecular complexity index is 1040. The number of carbonyl (C=O) groups excluding carboxylic acids is 2. The second kappa shape index (κ2) is 10.2. The summed E-state index contributed by atoms with van der Waals surface area (Å²) in [6.45, 7) is 1.06. The van der Waals surface area contributed by atoms with Gasteiger partial charge in [0.1, 0.15) is 12.6 Å². The third-order valence-electron chi connectivity index (χ3n) is 5.45. The fourth-order valence-electron chi connectivity index (χ4n) is 3.90. The largest absolute Gasteiger partial charge is 0.481 e. The SMILES string of the molecule is C#CCC(NC(=O)OCC1c2ccccc2-c2ccccc21)C(=O)NCC(C)(O)CC(=O)O. The van der Waals surface area contributed by atoms with Gasteiger partial charge in [0.05, 0.1) is 12.0 Å². The number of terminal acetylenes is 1. The molecule has 2 amide bonds. The molecule has 0 saturated heterocycles. The zero-order chi connectivity index (χ0) is 24.0. The van der Waals surface area contributed by atoms with E-state index >= 15 is 0 Å². The van der Waals surface area contributed by atoms with Gasteiger partial charge in [-0.05, 0) is 29.2 Å². The molecular weight excluding hydrogens is 424 g/mol. The van der Waals surface area contributed by atoms with E-state index in [1.54, 1.807) is 0 Å². The number of aliphatic hydroxyl groups is 1. The maximum absolute atomic E-state index is 12.5. The van der Waals surface area contributed by atoms with Gasteiger partial charge in [0, 0.05) is 18.9 Å². The van der Waals surface area contributed by atoms with E-state index in [1.165, 1.54) is 6.92 Å². The Hall–Kier alpha value is -3.83. The lowest BCUT2D eigenvalue weighted by atomic mass is 9.98. The topological polar surface area (TPSA) is 125 Å². The zero-order valence-electron chi connectivity index (χ0n) is 18.2. The number of aliphatic carboxylic acids is 1. The molecular formula is C25H26N2O6. The predicted molar refractivity (Wildman–Crippen MR) is 121 cm³/mol. The van der Waals surface area contributed by atoms with Gasteiger partial charge in [-0.1, -0.05) is 48.5 Å². The molecule has 0 fully saturated rings. The molecule has 0 radical (unpaired) electrons. The molecule has 0 heterocycles. The number of fused-ring (bicyclic) bond motifs is 3. The number of carbonyl (C=O) groups is 3. The average Bonchev–Trinajstić information content (AvgIpc) is 3.09. The first-order valence-corrected chi connectivity index (χ1v) is 10.5. The fourth-order valence-corrected chi connectivity index (χ4v) is 3.90. The van der Waals surface area contributed by atoms with E-state index in [0.29, 0.717) is 0 Å². The number of rotatable bonds is 9. The highest BCUT2D eigenvalue weighted by molar-refractivity contribution is 5.86. The number of nitrogens with one attached hydrogen (secondary N) is 2. The van der Waals surface area contributed by atoms with Gasteiger partial charge in [-0.2, -0.15) is 0 Å². The highest BCUT2D eigenvalue weighted by Gasteiger charge is 2.30. The summed E-state index contributed by atoms with van der Waals surface area (Å²) >= 11 is 0. The summed E-state index contributed by atoms with van der Waals surface area (Å²) in [6, 6.07) is 14.8. The third kappa shape index (κ3) is 5.90. The summed E-state index contributed by atoms with van der Waals surface area (Å²) in [5.74, 6) is 0.340. The van der Waals surface area contributed by atoms with Crippen LogP contribution in [0, 0.1) is 12.3 Å². The van der Waals surface area contributed by atoms with Crippen molar-refractivity contribution in [3.63, 3.8) is 0 Å². The smallest absolute Gasteiger partial charge is 0.407 e. The first-order valence-electron chi connectivity index (χ1n) is 10.5. The standard InChI is InChI=1S/C25H26N2O6/c1-3-8-21(23(30)26-15-25(2,32)13-22(28)29)27-24(31)33-14-20-18-11-6-4-9-16(18)17-10-5-7-12-19(17)20/h1,4-7,9-12,20-21,32H,8,13-15H2,2H3,(H,26,30)(H,27,31)(H,28,29). The molecule has 2 aromatic carbocycles. The normalized spacial score (nSPS) is 14.7. The molecule has 2 unspecified atom stereocenters. The molecule has 2 aromatic rings. The van der Waals surface area contributed by atoms with Crippen LogP contribution in [0.15, 0.2) is 48.5 Å². The van der Waals surface area contributed by atoms with Gasteiger partial charge in [0.2, 0.25) is 5.91 Å². The van der Waals surface area contributed by atoms with Crippen LogP contribution in [0.4, 0.5) is 4.79 Å². The molecule has 2 atom stereocenters. The van der Waals surface area contributed by atoms with Crippen molar-refractivity contribution < 1.29 is 29.3 Å². The van der Waals surface area contributed by atoms with E-state index in [-0.39, 0.29) is 25.5 Å². The Morgan fingerprint density at radius 3 is 2.24 bits per heavy atom. The van der Waals surface area contributed by atoms with E-state index in [0.717, 1.165) is 22.3 Å². The Labute approximate surface area is 192 Å². The quantitative estimate of drug-likeness (QED) is 0.435. The van der Waals surface area contributed by atoms with Crippen LogP contribution in [0.25, 0.3) is 11.1 Å². The van der Waals surface area contributed by atoms with Crippen molar-refractivity contribution in [3.8, 4) is 23.5 Å². The van der Waals surface area contributed by atoms with Gasteiger partial charge in [-0.15, -0.1) is 12.3 Å². The van der Waals surface area contributed by atoms with Gasteiger partial charge >= 0.3 is 12.1 Å². The van der Waals surface area contributed by atoms with Crippen LogP contribution in [-0.2, 0) is 14.3 Å². The zero-order valence-corrected chi connectivity index (χ0v) is 18.2. The highest BCUT2D eigenvalue weighted by atomic mass is 16.5. The summed E-state index contributed by atoms with van der Waals surface area (Å²) in [5, 5.41) is 23.7. The summed E-state index contributed by atoms with van der Waals surface area (Å²) in [5.41, 5.74) is 2.67. The molecule has 1 aliphatic carbocycles. The molecule has 8 heteroatoms. The van der Waals surface area contributed by atoms with E-state index in [1.807, 2.05) is 48.5 Å². The number of carboxylic acids is 1. The van der Waals surface area contributed by atoms with Gasteiger partial charge in [0.15, 0.2) is 0 Å². The Balaban J connectivity index is 1.60. The number of hydrogen-bond donors (Lipinski definition) is 4. The Morgan fingerprint density at radius 2 is 1.70 bits per heavy atom. The molecule has 3 rings (SSSR count). The van der Waals surface area contributed by atoms with E-state index in [4.69, 9.17) is 16.3 Å². The molecule has 0 saturated carbocycles. The van der Waals surface area contributed by atoms with Crippen molar-refractivity contribution in [2.75, 3.05) is 13.2 Å². The minimum atomic E-state index is -1.65. The first kappa shape index (κ1) is 23.8.